The largest absolute Gasteiger partial charge is 0.321 e. The summed E-state index contributed by atoms with van der Waals surface area (Å²) in [5, 5.41) is 7.61. The molecule has 0 saturated carbocycles. The number of nitrogens with zero attached hydrogens (tertiary/aromatic N) is 2. The lowest BCUT2D eigenvalue weighted by molar-refractivity contribution is 0.0647. The van der Waals surface area contributed by atoms with E-state index in [0.29, 0.717) is 35.3 Å². The second-order valence-corrected chi connectivity index (χ2v) is 8.89. The number of nitrogens with one attached hydrogen (secondary N) is 2. The number of aromatic nitrogens is 1. The maximum atomic E-state index is 12.9. The quantitative estimate of drug-likeness (QED) is 0.509. The second-order valence-electron chi connectivity index (χ2n) is 8.00. The Morgan fingerprint density at radius 1 is 1.00 bits per heavy atom. The van der Waals surface area contributed by atoms with Gasteiger partial charge in [0, 0.05) is 23.7 Å². The van der Waals surface area contributed by atoms with Crippen LogP contribution < -0.4 is 10.6 Å². The number of hydrogen-bond donors (Lipinski definition) is 2. The van der Waals surface area contributed by atoms with Gasteiger partial charge in [-0.1, -0.05) is 26.0 Å². The van der Waals surface area contributed by atoms with Gasteiger partial charge >= 0.3 is 0 Å². The first-order valence-corrected chi connectivity index (χ1v) is 11.3. The Kier molecular flexibility index (Phi) is 6.32. The number of fused-ring (bicyclic) bond motifs is 1. The molecule has 0 unspecified atom stereocenters. The zero-order valence-corrected chi connectivity index (χ0v) is 18.9. The molecule has 0 fully saturated rings. The van der Waals surface area contributed by atoms with E-state index in [1.165, 1.54) is 34.4 Å². The number of para-hydroxylation sites is 1. The number of thiazole rings is 1. The van der Waals surface area contributed by atoms with E-state index in [0.717, 1.165) is 0 Å². The smallest absolute Gasteiger partial charge is 0.261 e. The number of carbonyl (C=O) groups excluding carboxylic acids is 4. The molecule has 33 heavy (non-hydrogen) atoms. The highest BCUT2D eigenvalue weighted by atomic mass is 32.1. The van der Waals surface area contributed by atoms with E-state index >= 15 is 0 Å². The van der Waals surface area contributed by atoms with E-state index in [1.807, 2.05) is 13.8 Å². The molecule has 0 spiro atoms. The van der Waals surface area contributed by atoms with Crippen molar-refractivity contribution in [3.8, 4) is 0 Å². The Labute approximate surface area is 194 Å². The van der Waals surface area contributed by atoms with Gasteiger partial charge in [0.1, 0.15) is 0 Å². The minimum Gasteiger partial charge on any atom is -0.321 e. The summed E-state index contributed by atoms with van der Waals surface area (Å²) < 4.78 is 0. The fourth-order valence-electron chi connectivity index (χ4n) is 3.46. The van der Waals surface area contributed by atoms with Crippen LogP contribution in [0.2, 0.25) is 0 Å². The first-order chi connectivity index (χ1) is 15.8. The number of imide groups is 1. The van der Waals surface area contributed by atoms with Gasteiger partial charge in [-0.3, -0.25) is 29.4 Å². The van der Waals surface area contributed by atoms with Crippen LogP contribution in [0.5, 0.6) is 0 Å². The molecule has 2 heterocycles. The van der Waals surface area contributed by atoms with Crippen molar-refractivity contribution in [1.29, 1.82) is 0 Å². The second kappa shape index (κ2) is 9.33. The summed E-state index contributed by atoms with van der Waals surface area (Å²) in [6.07, 6.45) is 2.29. The number of benzene rings is 2. The molecule has 4 amide bonds. The SMILES string of the molecule is CC(C)CCN1C(=O)c2ccc(C(=O)Nc3ccccc3C(=O)Nc3nccs3)cc2C1=O. The standard InChI is InChI=1S/C24H22N4O4S/c1-14(2)9-11-28-22(31)16-8-7-15(13-18(16)23(28)32)20(29)26-19-6-4-3-5-17(19)21(30)27-24-25-10-12-33-24/h3-8,10,12-14H,9,11H2,1-2H3,(H,26,29)(H,25,27,30). The van der Waals surface area contributed by atoms with E-state index < -0.39 is 17.7 Å². The van der Waals surface area contributed by atoms with Crippen LogP contribution in [0.3, 0.4) is 0 Å². The Bertz CT molecular complexity index is 1240. The zero-order chi connectivity index (χ0) is 23.5. The molecule has 0 aliphatic carbocycles. The Morgan fingerprint density at radius 3 is 2.48 bits per heavy atom. The molecule has 9 heteroatoms. The summed E-state index contributed by atoms with van der Waals surface area (Å²) in [5.74, 6) is -1.28. The zero-order valence-electron chi connectivity index (χ0n) is 18.1. The Balaban J connectivity index is 1.53. The summed E-state index contributed by atoms with van der Waals surface area (Å²) in [7, 11) is 0. The van der Waals surface area contributed by atoms with Crippen molar-refractivity contribution in [2.75, 3.05) is 17.2 Å². The molecular weight excluding hydrogens is 440 g/mol. The van der Waals surface area contributed by atoms with Gasteiger partial charge in [-0.05, 0) is 42.7 Å². The van der Waals surface area contributed by atoms with Gasteiger partial charge in [-0.2, -0.15) is 0 Å². The highest BCUT2D eigenvalue weighted by Gasteiger charge is 2.35. The van der Waals surface area contributed by atoms with E-state index in [9.17, 15) is 19.2 Å². The van der Waals surface area contributed by atoms with Crippen molar-refractivity contribution in [3.05, 3.63) is 76.3 Å². The van der Waals surface area contributed by atoms with E-state index in [2.05, 4.69) is 15.6 Å². The number of rotatable bonds is 7. The van der Waals surface area contributed by atoms with Crippen molar-refractivity contribution in [3.63, 3.8) is 0 Å². The third-order valence-electron chi connectivity index (χ3n) is 5.24. The Morgan fingerprint density at radius 2 is 1.76 bits per heavy atom. The molecule has 1 aromatic heterocycles. The molecule has 168 valence electrons. The number of amides is 4. The fourth-order valence-corrected chi connectivity index (χ4v) is 3.98. The van der Waals surface area contributed by atoms with Crippen molar-refractivity contribution >= 4 is 45.8 Å². The predicted molar refractivity (Wildman–Crippen MR) is 126 cm³/mol. The molecule has 3 aromatic rings. The van der Waals surface area contributed by atoms with Crippen LogP contribution in [0.1, 0.15) is 61.7 Å². The highest BCUT2D eigenvalue weighted by molar-refractivity contribution is 7.13. The summed E-state index contributed by atoms with van der Waals surface area (Å²) in [6.45, 7) is 4.39. The van der Waals surface area contributed by atoms with Crippen LogP contribution in [-0.4, -0.2) is 40.1 Å². The monoisotopic (exact) mass is 462 g/mol. The van der Waals surface area contributed by atoms with Crippen molar-refractivity contribution < 1.29 is 19.2 Å². The van der Waals surface area contributed by atoms with Gasteiger partial charge in [0.25, 0.3) is 23.6 Å². The molecule has 4 rings (SSSR count). The lowest BCUT2D eigenvalue weighted by atomic mass is 10.0. The molecule has 2 N–H and O–H groups in total. The summed E-state index contributed by atoms with van der Waals surface area (Å²) in [4.78, 5) is 56.2. The van der Waals surface area contributed by atoms with Gasteiger partial charge in [-0.25, -0.2) is 4.98 Å². The average Bonchev–Trinajstić information content (AvgIpc) is 3.39. The predicted octanol–water partition coefficient (Wildman–Crippen LogP) is 4.29. The third-order valence-corrected chi connectivity index (χ3v) is 5.92. The van der Waals surface area contributed by atoms with Crippen molar-refractivity contribution in [2.24, 2.45) is 5.92 Å². The van der Waals surface area contributed by atoms with Crippen LogP contribution >= 0.6 is 11.3 Å². The maximum absolute atomic E-state index is 12.9. The van der Waals surface area contributed by atoms with Crippen LogP contribution in [0.4, 0.5) is 10.8 Å². The van der Waals surface area contributed by atoms with E-state index in [-0.39, 0.29) is 22.6 Å². The van der Waals surface area contributed by atoms with Crippen LogP contribution in [0.15, 0.2) is 54.0 Å². The molecule has 0 atom stereocenters. The molecule has 8 nitrogen and oxygen atoms in total. The molecule has 2 aromatic carbocycles. The third kappa shape index (κ3) is 4.68. The lowest BCUT2D eigenvalue weighted by Gasteiger charge is -2.14. The summed E-state index contributed by atoms with van der Waals surface area (Å²) in [5.41, 5.74) is 1.32. The molecule has 1 aliphatic rings. The normalized spacial score (nSPS) is 12.8. The average molecular weight is 463 g/mol. The topological polar surface area (TPSA) is 108 Å². The molecular formula is C24H22N4O4S. The maximum Gasteiger partial charge on any atom is 0.261 e. The van der Waals surface area contributed by atoms with E-state index in [4.69, 9.17) is 0 Å². The molecule has 0 saturated heterocycles. The first kappa shape index (κ1) is 22.3. The Hall–Kier alpha value is -3.85. The van der Waals surface area contributed by atoms with Crippen LogP contribution in [0, 0.1) is 5.92 Å². The molecule has 0 radical (unpaired) electrons. The van der Waals surface area contributed by atoms with Crippen LogP contribution in [-0.2, 0) is 0 Å². The van der Waals surface area contributed by atoms with Crippen molar-refractivity contribution in [2.45, 2.75) is 20.3 Å². The number of hydrogen-bond acceptors (Lipinski definition) is 6. The minimum atomic E-state index is -0.492. The van der Waals surface area contributed by atoms with Crippen LogP contribution in [0.25, 0.3) is 0 Å². The van der Waals surface area contributed by atoms with Gasteiger partial charge in [0.2, 0.25) is 0 Å². The van der Waals surface area contributed by atoms with E-state index in [1.54, 1.807) is 35.8 Å². The molecule has 1 aliphatic heterocycles. The van der Waals surface area contributed by atoms with Gasteiger partial charge in [-0.15, -0.1) is 11.3 Å². The fraction of sp³-hybridized carbons (Fsp3) is 0.208. The first-order valence-electron chi connectivity index (χ1n) is 10.5. The lowest BCUT2D eigenvalue weighted by Crippen LogP contribution is -2.31. The minimum absolute atomic E-state index is 0.214. The molecule has 0 bridgehead atoms. The summed E-state index contributed by atoms with van der Waals surface area (Å²) in [6, 6.07) is 11.0. The summed E-state index contributed by atoms with van der Waals surface area (Å²) >= 11 is 1.29. The number of carbonyl (C=O) groups is 4. The van der Waals surface area contributed by atoms with Gasteiger partial charge in [0.15, 0.2) is 5.13 Å². The van der Waals surface area contributed by atoms with Gasteiger partial charge < -0.3 is 5.32 Å². The highest BCUT2D eigenvalue weighted by Crippen LogP contribution is 2.26. The van der Waals surface area contributed by atoms with Crippen molar-refractivity contribution in [1.82, 2.24) is 9.88 Å². The number of anilines is 2. The van der Waals surface area contributed by atoms with Gasteiger partial charge in [0.05, 0.1) is 22.4 Å².